The molecule has 0 saturated carbocycles. The molecule has 0 heterocycles. The van der Waals surface area contributed by atoms with E-state index < -0.39 is 10.0 Å². The third-order valence-electron chi connectivity index (χ3n) is 1.87. The molecule has 0 amide bonds. The average molecular weight is 214 g/mol. The van der Waals surface area contributed by atoms with Gasteiger partial charge in [-0.1, -0.05) is 6.07 Å². The second-order valence-corrected chi connectivity index (χ2v) is 4.97. The summed E-state index contributed by atoms with van der Waals surface area (Å²) in [5.74, 6) is 0. The van der Waals surface area contributed by atoms with Gasteiger partial charge in [0.05, 0.1) is 6.26 Å². The minimum absolute atomic E-state index is 0.463. The van der Waals surface area contributed by atoms with E-state index >= 15 is 0 Å². The van der Waals surface area contributed by atoms with Crippen molar-refractivity contribution in [2.45, 2.75) is 13.5 Å². The van der Waals surface area contributed by atoms with Crippen molar-refractivity contribution < 1.29 is 8.42 Å². The summed E-state index contributed by atoms with van der Waals surface area (Å²) in [6.45, 7) is 2.36. The Balaban J connectivity index is 2.98. The van der Waals surface area contributed by atoms with Gasteiger partial charge in [0, 0.05) is 12.2 Å². The van der Waals surface area contributed by atoms with Crippen LogP contribution in [0.2, 0.25) is 0 Å². The Hall–Kier alpha value is -1.07. The van der Waals surface area contributed by atoms with Gasteiger partial charge in [-0.2, -0.15) is 0 Å². The highest BCUT2D eigenvalue weighted by atomic mass is 32.2. The molecule has 1 aromatic rings. The smallest absolute Gasteiger partial charge is 0.229 e. The fourth-order valence-electron chi connectivity index (χ4n) is 1.20. The van der Waals surface area contributed by atoms with Crippen LogP contribution in [0.25, 0.3) is 0 Å². The van der Waals surface area contributed by atoms with Crippen molar-refractivity contribution in [3.05, 3.63) is 29.3 Å². The van der Waals surface area contributed by atoms with Crippen LogP contribution >= 0.6 is 0 Å². The van der Waals surface area contributed by atoms with E-state index in [1.807, 2.05) is 13.0 Å². The summed E-state index contributed by atoms with van der Waals surface area (Å²) in [5.41, 5.74) is 8.07. The quantitative estimate of drug-likeness (QED) is 0.782. The molecule has 4 nitrogen and oxygen atoms in total. The predicted molar refractivity (Wildman–Crippen MR) is 57.5 cm³/mol. The van der Waals surface area contributed by atoms with E-state index in [9.17, 15) is 8.42 Å². The highest BCUT2D eigenvalue weighted by molar-refractivity contribution is 7.92. The van der Waals surface area contributed by atoms with Gasteiger partial charge in [-0.05, 0) is 30.2 Å². The van der Waals surface area contributed by atoms with E-state index in [1.54, 1.807) is 12.1 Å². The number of hydrogen-bond acceptors (Lipinski definition) is 3. The summed E-state index contributed by atoms with van der Waals surface area (Å²) in [5, 5.41) is 0. The molecule has 0 aromatic heterocycles. The second-order valence-electron chi connectivity index (χ2n) is 3.22. The van der Waals surface area contributed by atoms with Gasteiger partial charge in [0.1, 0.15) is 0 Å². The lowest BCUT2D eigenvalue weighted by Gasteiger charge is -2.07. The van der Waals surface area contributed by atoms with Crippen molar-refractivity contribution >= 4 is 15.7 Å². The van der Waals surface area contributed by atoms with Gasteiger partial charge in [0.25, 0.3) is 0 Å². The van der Waals surface area contributed by atoms with Crippen LogP contribution in [0.5, 0.6) is 0 Å². The first-order valence-corrected chi connectivity index (χ1v) is 6.09. The molecule has 0 aliphatic heterocycles. The zero-order valence-corrected chi connectivity index (χ0v) is 9.06. The fraction of sp³-hybridized carbons (Fsp3) is 0.333. The number of rotatable bonds is 3. The summed E-state index contributed by atoms with van der Waals surface area (Å²) in [6.07, 6.45) is 1.12. The van der Waals surface area contributed by atoms with Crippen LogP contribution in [-0.2, 0) is 16.6 Å². The summed E-state index contributed by atoms with van der Waals surface area (Å²) in [6, 6.07) is 5.29. The summed E-state index contributed by atoms with van der Waals surface area (Å²) < 4.78 is 24.3. The minimum Gasteiger partial charge on any atom is -0.326 e. The Morgan fingerprint density at radius 2 is 2.07 bits per heavy atom. The standard InChI is InChI=1S/C9H14N2O2S/c1-7-5-9(11-14(2,12)13)4-3-8(7)6-10/h3-5,11H,6,10H2,1-2H3. The average Bonchev–Trinajstić information content (AvgIpc) is 2.01. The highest BCUT2D eigenvalue weighted by Crippen LogP contribution is 2.15. The monoisotopic (exact) mass is 214 g/mol. The van der Waals surface area contributed by atoms with Gasteiger partial charge in [-0.25, -0.2) is 8.42 Å². The van der Waals surface area contributed by atoms with Crippen molar-refractivity contribution in [2.24, 2.45) is 5.73 Å². The number of sulfonamides is 1. The maximum atomic E-state index is 10.9. The Morgan fingerprint density at radius 3 is 2.50 bits per heavy atom. The van der Waals surface area contributed by atoms with Crippen molar-refractivity contribution in [3.63, 3.8) is 0 Å². The van der Waals surface area contributed by atoms with Gasteiger partial charge >= 0.3 is 0 Å². The van der Waals surface area contributed by atoms with Gasteiger partial charge < -0.3 is 5.73 Å². The van der Waals surface area contributed by atoms with Crippen LogP contribution in [0, 0.1) is 6.92 Å². The number of nitrogens with two attached hydrogens (primary N) is 1. The molecule has 78 valence electrons. The first-order chi connectivity index (χ1) is 6.42. The van der Waals surface area contributed by atoms with Crippen molar-refractivity contribution in [2.75, 3.05) is 11.0 Å². The van der Waals surface area contributed by atoms with Crippen LogP contribution in [0.3, 0.4) is 0 Å². The van der Waals surface area contributed by atoms with E-state index in [4.69, 9.17) is 5.73 Å². The lowest BCUT2D eigenvalue weighted by molar-refractivity contribution is 0.607. The molecule has 3 N–H and O–H groups in total. The molecule has 14 heavy (non-hydrogen) atoms. The Kier molecular flexibility index (Phi) is 3.13. The Labute approximate surface area is 84.2 Å². The number of nitrogens with one attached hydrogen (secondary N) is 1. The molecule has 0 radical (unpaired) electrons. The van der Waals surface area contributed by atoms with Gasteiger partial charge in [-0.15, -0.1) is 0 Å². The molecule has 0 saturated heterocycles. The van der Waals surface area contributed by atoms with Crippen LogP contribution in [0.15, 0.2) is 18.2 Å². The molecule has 0 fully saturated rings. The van der Waals surface area contributed by atoms with Gasteiger partial charge in [0.15, 0.2) is 0 Å². The molecular weight excluding hydrogens is 200 g/mol. The maximum absolute atomic E-state index is 10.9. The van der Waals surface area contributed by atoms with E-state index in [-0.39, 0.29) is 0 Å². The molecule has 0 bridgehead atoms. The van der Waals surface area contributed by atoms with Crippen molar-refractivity contribution in [1.82, 2.24) is 0 Å². The SMILES string of the molecule is Cc1cc(NS(C)(=O)=O)ccc1CN. The largest absolute Gasteiger partial charge is 0.326 e. The maximum Gasteiger partial charge on any atom is 0.229 e. The Bertz CT molecular complexity index is 426. The third kappa shape index (κ3) is 3.01. The van der Waals surface area contributed by atoms with E-state index in [0.29, 0.717) is 12.2 Å². The molecule has 0 aliphatic carbocycles. The van der Waals surface area contributed by atoms with E-state index in [1.165, 1.54) is 0 Å². The molecule has 0 atom stereocenters. The molecule has 0 spiro atoms. The third-order valence-corrected chi connectivity index (χ3v) is 2.47. The van der Waals surface area contributed by atoms with Crippen molar-refractivity contribution in [1.29, 1.82) is 0 Å². The van der Waals surface area contributed by atoms with Gasteiger partial charge in [-0.3, -0.25) is 4.72 Å². The predicted octanol–water partition coefficient (Wildman–Crippen LogP) is 0.825. The van der Waals surface area contributed by atoms with Gasteiger partial charge in [0.2, 0.25) is 10.0 Å². The topological polar surface area (TPSA) is 72.2 Å². The number of anilines is 1. The lowest BCUT2D eigenvalue weighted by Crippen LogP contribution is -2.10. The minimum atomic E-state index is -3.19. The first kappa shape index (κ1) is 11.0. The van der Waals surface area contributed by atoms with E-state index in [2.05, 4.69) is 4.72 Å². The Morgan fingerprint density at radius 1 is 1.43 bits per heavy atom. The zero-order chi connectivity index (χ0) is 10.8. The molecule has 0 aliphatic rings. The number of hydrogen-bond donors (Lipinski definition) is 2. The molecular formula is C9H14N2O2S. The normalized spacial score (nSPS) is 11.4. The summed E-state index contributed by atoms with van der Waals surface area (Å²) in [7, 11) is -3.19. The highest BCUT2D eigenvalue weighted by Gasteiger charge is 2.03. The molecule has 1 rings (SSSR count). The van der Waals surface area contributed by atoms with Crippen molar-refractivity contribution in [3.8, 4) is 0 Å². The van der Waals surface area contributed by atoms with Crippen LogP contribution < -0.4 is 10.5 Å². The summed E-state index contributed by atoms with van der Waals surface area (Å²) >= 11 is 0. The van der Waals surface area contributed by atoms with Crippen LogP contribution in [0.1, 0.15) is 11.1 Å². The lowest BCUT2D eigenvalue weighted by atomic mass is 10.1. The van der Waals surface area contributed by atoms with Crippen LogP contribution in [-0.4, -0.2) is 14.7 Å². The zero-order valence-electron chi connectivity index (χ0n) is 8.24. The number of benzene rings is 1. The molecule has 5 heteroatoms. The fourth-order valence-corrected chi connectivity index (χ4v) is 1.76. The summed E-state index contributed by atoms with van der Waals surface area (Å²) in [4.78, 5) is 0. The molecule has 1 aromatic carbocycles. The number of aryl methyl sites for hydroxylation is 1. The second kappa shape index (κ2) is 3.98. The van der Waals surface area contributed by atoms with Crippen LogP contribution in [0.4, 0.5) is 5.69 Å². The van der Waals surface area contributed by atoms with E-state index in [0.717, 1.165) is 17.4 Å². The first-order valence-electron chi connectivity index (χ1n) is 4.20. The molecule has 0 unspecified atom stereocenters.